The lowest BCUT2D eigenvalue weighted by Crippen LogP contribution is -2.44. The van der Waals surface area contributed by atoms with Gasteiger partial charge in [-0.1, -0.05) is 0 Å². The van der Waals surface area contributed by atoms with Gasteiger partial charge in [0.2, 0.25) is 0 Å². The van der Waals surface area contributed by atoms with Crippen LogP contribution in [0.1, 0.15) is 44.0 Å². The maximum absolute atomic E-state index is 12.4. The maximum atomic E-state index is 12.4. The Balaban J connectivity index is 1.97. The number of amides is 1. The van der Waals surface area contributed by atoms with E-state index in [0.717, 1.165) is 6.07 Å². The number of hydrogen-bond donors (Lipinski definition) is 0. The van der Waals surface area contributed by atoms with E-state index < -0.39 is 42.7 Å². The molecule has 0 bridgehead atoms. The number of benzene rings is 1. The molecule has 0 saturated carbocycles. The standard InChI is InChI=1S/C19H22BrF2NO6/c1-19(2,3)29-18(26)23-8-4-5-13(23)16(25)27-10-14(24)11-6-7-12(20)15(9-11)28-17(21)22/h6-7,9,13,17H,4-5,8,10H2,1-3H3. The fourth-order valence-corrected chi connectivity index (χ4v) is 3.07. The predicted molar refractivity (Wildman–Crippen MR) is 102 cm³/mol. The molecule has 1 aromatic rings. The molecule has 1 aliphatic heterocycles. The van der Waals surface area contributed by atoms with E-state index in [1.165, 1.54) is 17.0 Å². The molecule has 0 N–H and O–H groups in total. The van der Waals surface area contributed by atoms with E-state index in [1.807, 2.05) is 0 Å². The van der Waals surface area contributed by atoms with E-state index in [4.69, 9.17) is 9.47 Å². The topological polar surface area (TPSA) is 82.1 Å². The van der Waals surface area contributed by atoms with E-state index >= 15 is 0 Å². The van der Waals surface area contributed by atoms with Crippen molar-refractivity contribution in [2.75, 3.05) is 13.2 Å². The number of esters is 1. The number of Topliss-reactive ketones (excluding diaryl/α,β-unsaturated/α-hetero) is 1. The molecule has 160 valence electrons. The molecular weight excluding hydrogens is 456 g/mol. The third-order valence-electron chi connectivity index (χ3n) is 3.97. The lowest BCUT2D eigenvalue weighted by atomic mass is 10.1. The minimum atomic E-state index is -3.05. The van der Waals surface area contributed by atoms with Gasteiger partial charge in [-0.15, -0.1) is 0 Å². The Morgan fingerprint density at radius 3 is 2.59 bits per heavy atom. The van der Waals surface area contributed by atoms with E-state index in [0.29, 0.717) is 19.4 Å². The number of carbonyl (C=O) groups excluding carboxylic acids is 3. The molecule has 29 heavy (non-hydrogen) atoms. The first kappa shape index (κ1) is 23.1. The summed E-state index contributed by atoms with van der Waals surface area (Å²) in [5, 5.41) is 0. The van der Waals surface area contributed by atoms with Gasteiger partial charge < -0.3 is 14.2 Å². The minimum Gasteiger partial charge on any atom is -0.456 e. The lowest BCUT2D eigenvalue weighted by Gasteiger charge is -2.27. The van der Waals surface area contributed by atoms with Gasteiger partial charge in [0.05, 0.1) is 4.47 Å². The van der Waals surface area contributed by atoms with Gasteiger partial charge in [0, 0.05) is 12.1 Å². The Labute approximate surface area is 175 Å². The average molecular weight is 478 g/mol. The van der Waals surface area contributed by atoms with Crippen LogP contribution in [0.25, 0.3) is 0 Å². The van der Waals surface area contributed by atoms with Gasteiger partial charge in [-0.2, -0.15) is 8.78 Å². The molecule has 0 spiro atoms. The number of ether oxygens (including phenoxy) is 3. The maximum Gasteiger partial charge on any atom is 0.411 e. The van der Waals surface area contributed by atoms with Crippen molar-refractivity contribution in [2.24, 2.45) is 0 Å². The third kappa shape index (κ3) is 6.66. The van der Waals surface area contributed by atoms with E-state index in [-0.39, 0.29) is 15.8 Å². The largest absolute Gasteiger partial charge is 0.456 e. The number of ketones is 1. The average Bonchev–Trinajstić information content (AvgIpc) is 3.09. The van der Waals surface area contributed by atoms with Gasteiger partial charge in [0.25, 0.3) is 0 Å². The van der Waals surface area contributed by atoms with Crippen LogP contribution in [-0.2, 0) is 14.3 Å². The molecular formula is C19H22BrF2NO6. The highest BCUT2D eigenvalue weighted by molar-refractivity contribution is 9.10. The zero-order valence-corrected chi connectivity index (χ0v) is 17.8. The molecule has 1 heterocycles. The number of nitrogens with zero attached hydrogens (tertiary/aromatic N) is 1. The predicted octanol–water partition coefficient (Wildman–Crippen LogP) is 4.18. The molecule has 0 radical (unpaired) electrons. The van der Waals surface area contributed by atoms with Crippen molar-refractivity contribution < 1.29 is 37.4 Å². The molecule has 1 amide bonds. The van der Waals surface area contributed by atoms with Crippen molar-refractivity contribution in [3.05, 3.63) is 28.2 Å². The SMILES string of the molecule is CC(C)(C)OC(=O)N1CCCC1C(=O)OCC(=O)c1ccc(Br)c(OC(F)F)c1. The first-order valence-corrected chi connectivity index (χ1v) is 9.71. The molecule has 1 atom stereocenters. The summed E-state index contributed by atoms with van der Waals surface area (Å²) in [7, 11) is 0. The van der Waals surface area contributed by atoms with Gasteiger partial charge >= 0.3 is 18.7 Å². The molecule has 7 nitrogen and oxygen atoms in total. The Bertz CT molecular complexity index is 780. The number of rotatable bonds is 6. The van der Waals surface area contributed by atoms with Crippen molar-refractivity contribution >= 4 is 33.8 Å². The fraction of sp³-hybridized carbons (Fsp3) is 0.526. The van der Waals surface area contributed by atoms with Crippen molar-refractivity contribution in [1.82, 2.24) is 4.90 Å². The number of likely N-dealkylation sites (tertiary alicyclic amines) is 1. The molecule has 0 aromatic heterocycles. The number of halogens is 3. The lowest BCUT2D eigenvalue weighted by molar-refractivity contribution is -0.147. The minimum absolute atomic E-state index is 0.0482. The summed E-state index contributed by atoms with van der Waals surface area (Å²) in [6.45, 7) is 1.87. The number of alkyl halides is 2. The summed E-state index contributed by atoms with van der Waals surface area (Å²) < 4.78 is 39.8. The second-order valence-corrected chi connectivity index (χ2v) is 8.24. The van der Waals surface area contributed by atoms with Crippen LogP contribution in [0, 0.1) is 0 Å². The van der Waals surface area contributed by atoms with Crippen LogP contribution < -0.4 is 4.74 Å². The monoisotopic (exact) mass is 477 g/mol. The molecule has 1 aromatic carbocycles. The van der Waals surface area contributed by atoms with Gasteiger partial charge in [0.15, 0.2) is 12.4 Å². The van der Waals surface area contributed by atoms with Crippen LogP contribution >= 0.6 is 15.9 Å². The van der Waals surface area contributed by atoms with Gasteiger partial charge in [-0.3, -0.25) is 9.69 Å². The summed E-state index contributed by atoms with van der Waals surface area (Å²) in [4.78, 5) is 38.2. The highest BCUT2D eigenvalue weighted by atomic mass is 79.9. The molecule has 2 rings (SSSR count). The summed E-state index contributed by atoms with van der Waals surface area (Å²) in [5.74, 6) is -1.52. The van der Waals surface area contributed by atoms with Crippen molar-refractivity contribution in [2.45, 2.75) is 51.9 Å². The smallest absolute Gasteiger partial charge is 0.411 e. The van der Waals surface area contributed by atoms with Crippen LogP contribution in [0.4, 0.5) is 13.6 Å². The molecule has 0 aliphatic carbocycles. The Morgan fingerprint density at radius 2 is 1.97 bits per heavy atom. The fourth-order valence-electron chi connectivity index (χ4n) is 2.73. The second kappa shape index (κ2) is 9.51. The quantitative estimate of drug-likeness (QED) is 0.451. The van der Waals surface area contributed by atoms with Crippen LogP contribution in [0.2, 0.25) is 0 Å². The van der Waals surface area contributed by atoms with Crippen molar-refractivity contribution in [1.29, 1.82) is 0 Å². The summed E-state index contributed by atoms with van der Waals surface area (Å²) >= 11 is 3.05. The normalized spacial score (nSPS) is 16.7. The van der Waals surface area contributed by atoms with E-state index in [1.54, 1.807) is 20.8 Å². The van der Waals surface area contributed by atoms with Crippen molar-refractivity contribution in [3.8, 4) is 5.75 Å². The number of carbonyl (C=O) groups is 3. The first-order chi connectivity index (χ1) is 13.5. The third-order valence-corrected chi connectivity index (χ3v) is 4.62. The first-order valence-electron chi connectivity index (χ1n) is 8.92. The second-order valence-electron chi connectivity index (χ2n) is 7.39. The van der Waals surface area contributed by atoms with Crippen LogP contribution in [-0.4, -0.2) is 54.2 Å². The van der Waals surface area contributed by atoms with Crippen molar-refractivity contribution in [3.63, 3.8) is 0 Å². The summed E-state index contributed by atoms with van der Waals surface area (Å²) in [6.07, 6.45) is 0.384. The van der Waals surface area contributed by atoms with E-state index in [2.05, 4.69) is 20.7 Å². The van der Waals surface area contributed by atoms with Gasteiger partial charge in [-0.05, 0) is 67.7 Å². The summed E-state index contributed by atoms with van der Waals surface area (Å²) in [6, 6.07) is 3.07. The zero-order chi connectivity index (χ0) is 21.8. The van der Waals surface area contributed by atoms with Gasteiger partial charge in [0.1, 0.15) is 17.4 Å². The molecule has 1 saturated heterocycles. The number of hydrogen-bond acceptors (Lipinski definition) is 6. The molecule has 1 aliphatic rings. The molecule has 1 unspecified atom stereocenters. The Morgan fingerprint density at radius 1 is 1.28 bits per heavy atom. The Kier molecular flexibility index (Phi) is 7.56. The van der Waals surface area contributed by atoms with E-state index in [9.17, 15) is 23.2 Å². The van der Waals surface area contributed by atoms with Crippen LogP contribution in [0.3, 0.4) is 0 Å². The van der Waals surface area contributed by atoms with Crippen LogP contribution in [0.15, 0.2) is 22.7 Å². The summed E-state index contributed by atoms with van der Waals surface area (Å²) in [5.41, 5.74) is -0.656. The Hall–Kier alpha value is -2.23. The highest BCUT2D eigenvalue weighted by Crippen LogP contribution is 2.28. The van der Waals surface area contributed by atoms with Crippen LogP contribution in [0.5, 0.6) is 5.75 Å². The zero-order valence-electron chi connectivity index (χ0n) is 16.2. The highest BCUT2D eigenvalue weighted by Gasteiger charge is 2.37. The molecule has 10 heteroatoms. The van der Waals surface area contributed by atoms with Gasteiger partial charge in [-0.25, -0.2) is 9.59 Å². The molecule has 1 fully saturated rings.